The minimum atomic E-state index is -1.31. The fraction of sp³-hybridized carbons (Fsp3) is 0. The van der Waals surface area contributed by atoms with E-state index in [1.165, 1.54) is 0 Å². The van der Waals surface area contributed by atoms with E-state index < -0.39 is 22.4 Å². The number of pyridine rings is 1. The Hall–Kier alpha value is -1.11. The van der Waals surface area contributed by atoms with Crippen LogP contribution < -0.4 is 0 Å². The second-order valence-corrected chi connectivity index (χ2v) is 2.58. The summed E-state index contributed by atoms with van der Waals surface area (Å²) in [4.78, 5) is 11.9. The van der Waals surface area contributed by atoms with Crippen molar-refractivity contribution in [3.05, 3.63) is 32.5 Å². The highest BCUT2D eigenvalue weighted by molar-refractivity contribution is 9.10. The molecule has 0 aliphatic carbocycles. The highest BCUT2D eigenvalue weighted by atomic mass is 79.9. The molecule has 64 valence electrons. The summed E-state index contributed by atoms with van der Waals surface area (Å²) in [5.41, 5.74) is -0.976. The molecule has 1 heterocycles. The topological polar surface area (TPSA) is 56.0 Å². The largest absolute Gasteiger partial charge is 0.326 e. The van der Waals surface area contributed by atoms with Crippen LogP contribution in [0.4, 0.5) is 14.5 Å². The van der Waals surface area contributed by atoms with Crippen molar-refractivity contribution in [2.75, 3.05) is 0 Å². The first kappa shape index (κ1) is 8.98. The molecule has 7 heteroatoms. The molecule has 0 unspecified atom stereocenters. The predicted octanol–water partition coefficient (Wildman–Crippen LogP) is 2.03. The Morgan fingerprint density at radius 2 is 2.17 bits per heavy atom. The zero-order valence-corrected chi connectivity index (χ0v) is 7.01. The summed E-state index contributed by atoms with van der Waals surface area (Å²) in [6.45, 7) is 0. The van der Waals surface area contributed by atoms with Crippen molar-refractivity contribution in [3.8, 4) is 0 Å². The minimum absolute atomic E-state index is 0.384. The van der Waals surface area contributed by atoms with E-state index in [1.54, 1.807) is 0 Å². The lowest BCUT2D eigenvalue weighted by molar-refractivity contribution is -0.388. The van der Waals surface area contributed by atoms with Gasteiger partial charge in [-0.15, -0.1) is 0 Å². The van der Waals surface area contributed by atoms with E-state index in [-0.39, 0.29) is 4.60 Å². The van der Waals surface area contributed by atoms with E-state index in [2.05, 4.69) is 20.9 Å². The van der Waals surface area contributed by atoms with Crippen LogP contribution in [-0.4, -0.2) is 9.91 Å². The molecule has 12 heavy (non-hydrogen) atoms. The summed E-state index contributed by atoms with van der Waals surface area (Å²) >= 11 is 2.58. The molecule has 0 aromatic carbocycles. The molecule has 4 nitrogen and oxygen atoms in total. The number of halogens is 3. The van der Waals surface area contributed by atoms with Gasteiger partial charge in [-0.05, 0) is 15.9 Å². The predicted molar refractivity (Wildman–Crippen MR) is 38.5 cm³/mol. The summed E-state index contributed by atoms with van der Waals surface area (Å²) in [7, 11) is 0. The van der Waals surface area contributed by atoms with Crippen LogP contribution in [0.3, 0.4) is 0 Å². The van der Waals surface area contributed by atoms with Crippen LogP contribution in [0.5, 0.6) is 0 Å². The second kappa shape index (κ2) is 3.10. The van der Waals surface area contributed by atoms with Crippen molar-refractivity contribution in [1.29, 1.82) is 0 Å². The number of hydrogen-bond acceptors (Lipinski definition) is 3. The van der Waals surface area contributed by atoms with Gasteiger partial charge in [0.15, 0.2) is 5.82 Å². The average Bonchev–Trinajstić information content (AvgIpc) is 1.96. The molecule has 0 N–H and O–H groups in total. The maximum absolute atomic E-state index is 12.5. The molecule has 0 aliphatic heterocycles. The first-order valence-corrected chi connectivity index (χ1v) is 3.47. The monoisotopic (exact) mass is 238 g/mol. The third-order valence-electron chi connectivity index (χ3n) is 1.06. The molecule has 0 aliphatic rings. The maximum Gasteiger partial charge on any atom is 0.326 e. The second-order valence-electron chi connectivity index (χ2n) is 1.83. The van der Waals surface area contributed by atoms with Gasteiger partial charge in [0.2, 0.25) is 0 Å². The molecule has 0 fully saturated rings. The summed E-state index contributed by atoms with van der Waals surface area (Å²) in [5.74, 6) is -2.28. The Morgan fingerprint density at radius 1 is 1.58 bits per heavy atom. The van der Waals surface area contributed by atoms with Crippen molar-refractivity contribution in [3.63, 3.8) is 0 Å². The van der Waals surface area contributed by atoms with E-state index in [4.69, 9.17) is 0 Å². The summed E-state index contributed by atoms with van der Waals surface area (Å²) in [6, 6.07) is 0.465. The van der Waals surface area contributed by atoms with Crippen LogP contribution in [0.25, 0.3) is 0 Å². The van der Waals surface area contributed by atoms with Gasteiger partial charge in [0.25, 0.3) is 5.95 Å². The van der Waals surface area contributed by atoms with Gasteiger partial charge in [0, 0.05) is 0 Å². The molecule has 0 radical (unpaired) electrons. The molecule has 1 aromatic rings. The number of hydrogen-bond donors (Lipinski definition) is 0. The molecular formula is C5HBrF2N2O2. The smallest absolute Gasteiger partial charge is 0.258 e. The average molecular weight is 239 g/mol. The van der Waals surface area contributed by atoms with Gasteiger partial charge in [-0.1, -0.05) is 0 Å². The van der Waals surface area contributed by atoms with Crippen LogP contribution in [0.2, 0.25) is 0 Å². The first-order chi connectivity index (χ1) is 5.52. The molecule has 0 bridgehead atoms. The van der Waals surface area contributed by atoms with Crippen molar-refractivity contribution in [2.24, 2.45) is 0 Å². The van der Waals surface area contributed by atoms with Gasteiger partial charge in [-0.25, -0.2) is 9.37 Å². The van der Waals surface area contributed by atoms with Crippen molar-refractivity contribution in [1.82, 2.24) is 4.98 Å². The molecule has 1 aromatic heterocycles. The zero-order chi connectivity index (χ0) is 9.30. The molecule has 0 saturated carbocycles. The fourth-order valence-electron chi connectivity index (χ4n) is 0.564. The van der Waals surface area contributed by atoms with E-state index in [1.807, 2.05) is 0 Å². The van der Waals surface area contributed by atoms with Crippen molar-refractivity contribution < 1.29 is 13.7 Å². The fourth-order valence-corrected chi connectivity index (χ4v) is 0.834. The van der Waals surface area contributed by atoms with Gasteiger partial charge in [0.1, 0.15) is 4.60 Å². The number of nitro groups is 1. The summed E-state index contributed by atoms with van der Waals surface area (Å²) in [5, 5.41) is 10.0. The zero-order valence-electron chi connectivity index (χ0n) is 5.42. The van der Waals surface area contributed by atoms with Crippen LogP contribution in [-0.2, 0) is 0 Å². The summed E-state index contributed by atoms with van der Waals surface area (Å²) < 4.78 is 24.7. The Labute approximate surface area is 73.5 Å². The first-order valence-electron chi connectivity index (χ1n) is 2.68. The van der Waals surface area contributed by atoms with Crippen molar-refractivity contribution >= 4 is 21.6 Å². The Kier molecular flexibility index (Phi) is 2.32. The van der Waals surface area contributed by atoms with Gasteiger partial charge in [-0.3, -0.25) is 10.1 Å². The quantitative estimate of drug-likeness (QED) is 0.428. The lowest BCUT2D eigenvalue weighted by Crippen LogP contribution is -1.97. The number of rotatable bonds is 1. The Bertz CT molecular complexity index is 344. The third-order valence-corrected chi connectivity index (χ3v) is 1.62. The van der Waals surface area contributed by atoms with E-state index in [9.17, 15) is 18.9 Å². The molecule has 0 saturated heterocycles. The molecular weight excluding hydrogens is 238 g/mol. The number of aromatic nitrogens is 1. The minimum Gasteiger partial charge on any atom is -0.258 e. The SMILES string of the molecule is O=[N+]([O-])c1cc(F)c(Br)nc1F. The Balaban J connectivity index is 3.33. The van der Waals surface area contributed by atoms with E-state index in [0.29, 0.717) is 6.07 Å². The number of nitrogens with zero attached hydrogens (tertiary/aromatic N) is 2. The third kappa shape index (κ3) is 1.55. The standard InChI is InChI=1S/C5HBrF2N2O2/c6-4-2(7)1-3(10(11)12)5(8)9-4/h1H. The van der Waals surface area contributed by atoms with Gasteiger partial charge < -0.3 is 0 Å². The van der Waals surface area contributed by atoms with Crippen LogP contribution in [0.1, 0.15) is 0 Å². The molecule has 1 rings (SSSR count). The van der Waals surface area contributed by atoms with Crippen LogP contribution >= 0.6 is 15.9 Å². The van der Waals surface area contributed by atoms with Crippen LogP contribution in [0, 0.1) is 21.9 Å². The summed E-state index contributed by atoms with van der Waals surface area (Å²) in [6.07, 6.45) is 0. The highest BCUT2D eigenvalue weighted by Crippen LogP contribution is 2.21. The molecule has 0 amide bonds. The Morgan fingerprint density at radius 3 is 2.67 bits per heavy atom. The normalized spacial score (nSPS) is 9.92. The lowest BCUT2D eigenvalue weighted by Gasteiger charge is -1.94. The van der Waals surface area contributed by atoms with E-state index >= 15 is 0 Å². The lowest BCUT2D eigenvalue weighted by atomic mass is 10.4. The van der Waals surface area contributed by atoms with Gasteiger partial charge in [0.05, 0.1) is 11.0 Å². The highest BCUT2D eigenvalue weighted by Gasteiger charge is 2.18. The van der Waals surface area contributed by atoms with Gasteiger partial charge in [-0.2, -0.15) is 4.39 Å². The van der Waals surface area contributed by atoms with E-state index in [0.717, 1.165) is 0 Å². The molecule has 0 atom stereocenters. The van der Waals surface area contributed by atoms with Crippen molar-refractivity contribution in [2.45, 2.75) is 0 Å². The van der Waals surface area contributed by atoms with Gasteiger partial charge >= 0.3 is 5.69 Å². The van der Waals surface area contributed by atoms with Crippen LogP contribution in [0.15, 0.2) is 10.7 Å². The maximum atomic E-state index is 12.5. The molecule has 0 spiro atoms.